The SMILES string of the molecule is O=[N+]([O-])c1ccc(N[C@@H]2CCN(c3cnc4ccccc4n3)C2)nc1. The Hall–Kier alpha value is -3.29. The summed E-state index contributed by atoms with van der Waals surface area (Å²) < 4.78 is 0. The zero-order valence-corrected chi connectivity index (χ0v) is 13.4. The van der Waals surface area contributed by atoms with E-state index in [9.17, 15) is 10.1 Å². The molecule has 3 aromatic rings. The van der Waals surface area contributed by atoms with Crippen LogP contribution in [0.1, 0.15) is 6.42 Å². The minimum atomic E-state index is -0.452. The van der Waals surface area contributed by atoms with Crippen molar-refractivity contribution in [2.24, 2.45) is 0 Å². The first-order valence-electron chi connectivity index (χ1n) is 8.03. The van der Waals surface area contributed by atoms with Gasteiger partial charge in [-0.3, -0.25) is 15.1 Å². The highest BCUT2D eigenvalue weighted by atomic mass is 16.6. The van der Waals surface area contributed by atoms with Gasteiger partial charge in [0, 0.05) is 25.2 Å². The lowest BCUT2D eigenvalue weighted by atomic mass is 10.2. The van der Waals surface area contributed by atoms with E-state index in [2.05, 4.69) is 25.2 Å². The quantitative estimate of drug-likeness (QED) is 0.578. The molecule has 0 spiro atoms. The molecule has 3 heterocycles. The highest BCUT2D eigenvalue weighted by Crippen LogP contribution is 2.22. The van der Waals surface area contributed by atoms with Crippen LogP contribution in [0.5, 0.6) is 0 Å². The first-order chi connectivity index (χ1) is 12.2. The lowest BCUT2D eigenvalue weighted by molar-refractivity contribution is -0.385. The fraction of sp³-hybridized carbons (Fsp3) is 0.235. The predicted octanol–water partition coefficient (Wildman–Crippen LogP) is 2.62. The van der Waals surface area contributed by atoms with Gasteiger partial charge in [0.1, 0.15) is 17.8 Å². The minimum Gasteiger partial charge on any atom is -0.365 e. The molecule has 2 aromatic heterocycles. The van der Waals surface area contributed by atoms with Crippen molar-refractivity contribution in [2.75, 3.05) is 23.3 Å². The Kier molecular flexibility index (Phi) is 3.85. The molecule has 0 radical (unpaired) electrons. The van der Waals surface area contributed by atoms with Crippen molar-refractivity contribution in [3.63, 3.8) is 0 Å². The molecule has 1 aromatic carbocycles. The molecule has 1 aliphatic heterocycles. The summed E-state index contributed by atoms with van der Waals surface area (Å²) in [7, 11) is 0. The maximum Gasteiger partial charge on any atom is 0.287 e. The molecule has 126 valence electrons. The smallest absolute Gasteiger partial charge is 0.287 e. The summed E-state index contributed by atoms with van der Waals surface area (Å²) in [6.45, 7) is 1.66. The Morgan fingerprint density at radius 2 is 1.96 bits per heavy atom. The van der Waals surface area contributed by atoms with Crippen molar-refractivity contribution in [1.29, 1.82) is 0 Å². The zero-order valence-electron chi connectivity index (χ0n) is 13.4. The molecule has 0 saturated carbocycles. The second-order valence-corrected chi connectivity index (χ2v) is 5.95. The molecular weight excluding hydrogens is 320 g/mol. The van der Waals surface area contributed by atoms with Crippen LogP contribution in [-0.2, 0) is 0 Å². The number of para-hydroxylation sites is 2. The number of fused-ring (bicyclic) bond motifs is 1. The van der Waals surface area contributed by atoms with E-state index in [0.717, 1.165) is 36.4 Å². The summed E-state index contributed by atoms with van der Waals surface area (Å²) in [6.07, 6.45) is 4.01. The maximum absolute atomic E-state index is 10.7. The van der Waals surface area contributed by atoms with Crippen molar-refractivity contribution in [3.05, 3.63) is 58.9 Å². The predicted molar refractivity (Wildman–Crippen MR) is 94.7 cm³/mol. The number of rotatable bonds is 4. The van der Waals surface area contributed by atoms with Gasteiger partial charge < -0.3 is 10.2 Å². The summed E-state index contributed by atoms with van der Waals surface area (Å²) in [6, 6.07) is 11.1. The van der Waals surface area contributed by atoms with Gasteiger partial charge in [0.05, 0.1) is 22.2 Å². The molecule has 0 bridgehead atoms. The summed E-state index contributed by atoms with van der Waals surface area (Å²) in [5.41, 5.74) is 1.76. The lowest BCUT2D eigenvalue weighted by Crippen LogP contribution is -2.27. The van der Waals surface area contributed by atoms with Gasteiger partial charge in [-0.1, -0.05) is 12.1 Å². The molecule has 0 aliphatic carbocycles. The van der Waals surface area contributed by atoms with Crippen LogP contribution in [0, 0.1) is 10.1 Å². The number of aromatic nitrogens is 3. The molecule has 8 heteroatoms. The number of hydrogen-bond acceptors (Lipinski definition) is 7. The van der Waals surface area contributed by atoms with Crippen molar-refractivity contribution >= 4 is 28.4 Å². The molecule has 25 heavy (non-hydrogen) atoms. The van der Waals surface area contributed by atoms with Gasteiger partial charge in [0.2, 0.25) is 0 Å². The van der Waals surface area contributed by atoms with E-state index in [-0.39, 0.29) is 11.7 Å². The minimum absolute atomic E-state index is 0.00923. The van der Waals surface area contributed by atoms with Gasteiger partial charge in [0.25, 0.3) is 5.69 Å². The third-order valence-electron chi connectivity index (χ3n) is 4.26. The van der Waals surface area contributed by atoms with E-state index in [4.69, 9.17) is 0 Å². The number of hydrogen-bond donors (Lipinski definition) is 1. The number of pyridine rings is 1. The summed E-state index contributed by atoms with van der Waals surface area (Å²) in [4.78, 5) is 25.6. The molecule has 1 N–H and O–H groups in total. The highest BCUT2D eigenvalue weighted by Gasteiger charge is 2.24. The van der Waals surface area contributed by atoms with Crippen LogP contribution in [0.4, 0.5) is 17.3 Å². The number of nitro groups is 1. The van der Waals surface area contributed by atoms with Gasteiger partial charge >= 0.3 is 0 Å². The highest BCUT2D eigenvalue weighted by molar-refractivity contribution is 5.75. The average Bonchev–Trinajstić information content (AvgIpc) is 3.10. The van der Waals surface area contributed by atoms with Crippen molar-refractivity contribution in [2.45, 2.75) is 12.5 Å². The van der Waals surface area contributed by atoms with E-state index >= 15 is 0 Å². The lowest BCUT2D eigenvalue weighted by Gasteiger charge is -2.18. The topological polar surface area (TPSA) is 97.1 Å². The standard InChI is InChI=1S/C17H16N6O2/c24-23(25)13-5-6-16(19-9-13)20-12-7-8-22(11-12)17-10-18-14-3-1-2-4-15(14)21-17/h1-6,9-10,12H,7-8,11H2,(H,19,20)/t12-/m1/s1. The molecular formula is C17H16N6O2. The molecule has 0 unspecified atom stereocenters. The first-order valence-corrected chi connectivity index (χ1v) is 8.03. The van der Waals surface area contributed by atoms with Crippen molar-refractivity contribution < 1.29 is 4.92 Å². The fourth-order valence-electron chi connectivity index (χ4n) is 2.97. The van der Waals surface area contributed by atoms with Gasteiger partial charge in [-0.15, -0.1) is 0 Å². The second kappa shape index (κ2) is 6.31. The molecule has 8 nitrogen and oxygen atoms in total. The maximum atomic E-state index is 10.7. The van der Waals surface area contributed by atoms with Gasteiger partial charge in [-0.05, 0) is 24.6 Å². The van der Waals surface area contributed by atoms with Gasteiger partial charge in [0.15, 0.2) is 0 Å². The number of anilines is 2. The van der Waals surface area contributed by atoms with Crippen LogP contribution >= 0.6 is 0 Å². The normalized spacial score (nSPS) is 17.0. The molecule has 1 fully saturated rings. The number of nitrogens with zero attached hydrogens (tertiary/aromatic N) is 5. The van der Waals surface area contributed by atoms with E-state index in [1.54, 1.807) is 12.3 Å². The van der Waals surface area contributed by atoms with Crippen molar-refractivity contribution in [3.8, 4) is 0 Å². The summed E-state index contributed by atoms with van der Waals surface area (Å²) in [5, 5.41) is 14.0. The first kappa shape index (κ1) is 15.3. The Labute approximate surface area is 143 Å². The van der Waals surface area contributed by atoms with Gasteiger partial charge in [-0.2, -0.15) is 0 Å². The molecule has 1 aliphatic rings. The second-order valence-electron chi connectivity index (χ2n) is 5.95. The third kappa shape index (κ3) is 3.18. The van der Waals surface area contributed by atoms with E-state index in [1.165, 1.54) is 12.3 Å². The molecule has 0 amide bonds. The Balaban J connectivity index is 1.44. The van der Waals surface area contributed by atoms with Gasteiger partial charge in [-0.25, -0.2) is 9.97 Å². The number of nitrogens with one attached hydrogen (secondary N) is 1. The molecule has 4 rings (SSSR count). The summed E-state index contributed by atoms with van der Waals surface area (Å²) in [5.74, 6) is 1.50. The van der Waals surface area contributed by atoms with E-state index in [0.29, 0.717) is 5.82 Å². The van der Waals surface area contributed by atoms with Crippen LogP contribution in [0.3, 0.4) is 0 Å². The van der Waals surface area contributed by atoms with Crippen LogP contribution in [0.25, 0.3) is 11.0 Å². The third-order valence-corrected chi connectivity index (χ3v) is 4.26. The average molecular weight is 336 g/mol. The summed E-state index contributed by atoms with van der Waals surface area (Å²) >= 11 is 0. The van der Waals surface area contributed by atoms with E-state index in [1.807, 2.05) is 24.3 Å². The van der Waals surface area contributed by atoms with Crippen LogP contribution in [0.2, 0.25) is 0 Å². The Morgan fingerprint density at radius 3 is 2.72 bits per heavy atom. The number of benzene rings is 1. The van der Waals surface area contributed by atoms with Crippen LogP contribution in [-0.4, -0.2) is 39.0 Å². The Morgan fingerprint density at radius 1 is 1.12 bits per heavy atom. The van der Waals surface area contributed by atoms with Crippen molar-refractivity contribution in [1.82, 2.24) is 15.0 Å². The monoisotopic (exact) mass is 336 g/mol. The molecule has 1 atom stereocenters. The van der Waals surface area contributed by atoms with Crippen LogP contribution in [0.15, 0.2) is 48.8 Å². The zero-order chi connectivity index (χ0) is 17.2. The largest absolute Gasteiger partial charge is 0.365 e. The Bertz CT molecular complexity index is 914. The van der Waals surface area contributed by atoms with Crippen LogP contribution < -0.4 is 10.2 Å². The molecule has 1 saturated heterocycles. The fourth-order valence-corrected chi connectivity index (χ4v) is 2.97. The van der Waals surface area contributed by atoms with E-state index < -0.39 is 4.92 Å².